The molecule has 2 aromatic carbocycles. The minimum atomic E-state index is -1.33. The van der Waals surface area contributed by atoms with Gasteiger partial charge in [-0.15, -0.1) is 0 Å². The Morgan fingerprint density at radius 1 is 0.750 bits per heavy atom. The predicted octanol–water partition coefficient (Wildman–Crippen LogP) is -0.156. The second kappa shape index (κ2) is 16.6. The van der Waals surface area contributed by atoms with Crippen molar-refractivity contribution in [1.29, 1.82) is 0 Å². The third-order valence-electron chi connectivity index (χ3n) is 6.92. The van der Waals surface area contributed by atoms with Crippen LogP contribution in [0.3, 0.4) is 0 Å². The van der Waals surface area contributed by atoms with E-state index in [0.29, 0.717) is 42.6 Å². The van der Waals surface area contributed by atoms with E-state index >= 15 is 0 Å². The third-order valence-corrected chi connectivity index (χ3v) is 6.92. The number of phenols is 2. The first-order chi connectivity index (χ1) is 21.0. The maximum absolute atomic E-state index is 13.7. The van der Waals surface area contributed by atoms with Crippen LogP contribution in [0.4, 0.5) is 0 Å². The number of H-pyrrole nitrogens is 1. The number of rotatable bonds is 17. The third kappa shape index (κ3) is 10.7. The minimum Gasteiger partial charge on any atom is -0.508 e. The van der Waals surface area contributed by atoms with E-state index in [0.717, 1.165) is 0 Å². The van der Waals surface area contributed by atoms with Crippen LogP contribution in [0.1, 0.15) is 36.1 Å². The highest BCUT2D eigenvalue weighted by molar-refractivity contribution is 5.94. The number of aromatic nitrogens is 2. The van der Waals surface area contributed by atoms with Crippen molar-refractivity contribution in [1.82, 2.24) is 25.9 Å². The van der Waals surface area contributed by atoms with Crippen LogP contribution in [0.25, 0.3) is 0 Å². The number of benzene rings is 2. The Labute approximate surface area is 254 Å². The number of imidazole rings is 1. The number of carbonyl (C=O) groups is 4. The summed E-state index contributed by atoms with van der Waals surface area (Å²) in [6, 6.07) is 7.40. The van der Waals surface area contributed by atoms with Gasteiger partial charge in [-0.3, -0.25) is 14.4 Å². The molecule has 0 aliphatic heterocycles. The largest absolute Gasteiger partial charge is 0.508 e. The van der Waals surface area contributed by atoms with Crippen LogP contribution < -0.4 is 27.4 Å². The Morgan fingerprint density at radius 3 is 1.70 bits per heavy atom. The van der Waals surface area contributed by atoms with Crippen LogP contribution >= 0.6 is 0 Å². The van der Waals surface area contributed by atoms with Gasteiger partial charge in [0.15, 0.2) is 0 Å². The Kier molecular flexibility index (Phi) is 12.7. The van der Waals surface area contributed by atoms with E-state index in [1.54, 1.807) is 24.3 Å². The molecule has 44 heavy (non-hydrogen) atoms. The Balaban J connectivity index is 1.84. The van der Waals surface area contributed by atoms with Gasteiger partial charge in [0, 0.05) is 31.2 Å². The Hall–Kier alpha value is -4.95. The second-order valence-corrected chi connectivity index (χ2v) is 10.4. The summed E-state index contributed by atoms with van der Waals surface area (Å²) in [7, 11) is 0. The summed E-state index contributed by atoms with van der Waals surface area (Å²) in [6.45, 7) is 0.454. The van der Waals surface area contributed by atoms with Crippen LogP contribution in [0, 0.1) is 0 Å². The van der Waals surface area contributed by atoms with Crippen molar-refractivity contribution in [3.63, 3.8) is 0 Å². The molecule has 3 amide bonds. The van der Waals surface area contributed by atoms with Gasteiger partial charge in [-0.2, -0.15) is 0 Å². The van der Waals surface area contributed by atoms with Crippen molar-refractivity contribution in [2.24, 2.45) is 11.5 Å². The topological polar surface area (TPSA) is 246 Å². The maximum atomic E-state index is 13.7. The molecule has 3 rings (SSSR count). The molecule has 0 fully saturated rings. The number of hydrogen-bond donors (Lipinski definition) is 9. The van der Waals surface area contributed by atoms with Crippen molar-refractivity contribution in [2.45, 2.75) is 62.7 Å². The molecule has 0 bridgehead atoms. The number of hydrogen-bond acceptors (Lipinski definition) is 9. The summed E-state index contributed by atoms with van der Waals surface area (Å²) in [5.41, 5.74) is 13.3. The lowest BCUT2D eigenvalue weighted by Gasteiger charge is -2.25. The number of aromatic hydroxyl groups is 2. The lowest BCUT2D eigenvalue weighted by Crippen LogP contribution is -2.58. The number of phenolic OH excluding ortho intramolecular Hbond substituents is 2. The average molecular weight is 610 g/mol. The molecule has 0 aliphatic rings. The fourth-order valence-electron chi connectivity index (χ4n) is 4.43. The SMILES string of the molecule is NCCCCC(N)C(=O)NC(Cc1ccc(O)cc1)C(=O)NC(Cc1ccc(O)cc1)C(=O)NC(Cc1cnc[nH]1)C(=O)O. The molecular formula is C30H39N7O7. The maximum Gasteiger partial charge on any atom is 0.326 e. The van der Waals surface area contributed by atoms with Gasteiger partial charge in [0.2, 0.25) is 17.7 Å². The zero-order chi connectivity index (χ0) is 32.1. The number of unbranched alkanes of at least 4 members (excludes halogenated alkanes) is 1. The van der Waals surface area contributed by atoms with Crippen molar-refractivity contribution in [3.8, 4) is 11.5 Å². The molecule has 1 heterocycles. The lowest BCUT2D eigenvalue weighted by molar-refractivity contribution is -0.142. The monoisotopic (exact) mass is 609 g/mol. The minimum absolute atomic E-state index is 0.00348. The van der Waals surface area contributed by atoms with Crippen LogP contribution in [-0.2, 0) is 38.4 Å². The summed E-state index contributed by atoms with van der Waals surface area (Å²) in [4.78, 5) is 58.7. The molecule has 4 atom stereocenters. The highest BCUT2D eigenvalue weighted by atomic mass is 16.4. The highest BCUT2D eigenvalue weighted by Gasteiger charge is 2.31. The number of nitrogens with zero attached hydrogens (tertiary/aromatic N) is 1. The number of carboxylic acid groups (broad SMARTS) is 1. The number of nitrogens with one attached hydrogen (secondary N) is 4. The van der Waals surface area contributed by atoms with Crippen LogP contribution in [0.15, 0.2) is 61.1 Å². The zero-order valence-electron chi connectivity index (χ0n) is 24.1. The number of nitrogens with two attached hydrogens (primary N) is 2. The molecule has 1 aromatic heterocycles. The normalized spacial score (nSPS) is 13.7. The molecule has 0 radical (unpaired) electrons. The molecule has 14 nitrogen and oxygen atoms in total. The van der Waals surface area contributed by atoms with Crippen molar-refractivity contribution in [2.75, 3.05) is 6.54 Å². The molecule has 11 N–H and O–H groups in total. The number of carboxylic acids is 1. The van der Waals surface area contributed by atoms with E-state index in [1.165, 1.54) is 36.8 Å². The van der Waals surface area contributed by atoms with Gasteiger partial charge < -0.3 is 47.7 Å². The summed E-state index contributed by atoms with van der Waals surface area (Å²) >= 11 is 0. The van der Waals surface area contributed by atoms with Crippen molar-refractivity contribution in [3.05, 3.63) is 77.9 Å². The predicted molar refractivity (Wildman–Crippen MR) is 160 cm³/mol. The first kappa shape index (κ1) is 33.6. The molecule has 3 aromatic rings. The average Bonchev–Trinajstić information content (AvgIpc) is 3.51. The van der Waals surface area contributed by atoms with E-state index in [1.807, 2.05) is 0 Å². The molecule has 14 heteroatoms. The number of aromatic amines is 1. The standard InChI is InChI=1S/C30H39N7O7/c31-12-2-1-3-23(32)27(40)35-24(13-18-4-8-21(38)9-5-18)28(41)36-25(14-19-6-10-22(39)11-7-19)29(42)37-26(30(43)44)15-20-16-33-17-34-20/h4-11,16-17,23-26,38-39H,1-3,12-15,31-32H2,(H,33,34)(H,35,40)(H,36,41)(H,37,42)(H,43,44). The number of amides is 3. The Morgan fingerprint density at radius 2 is 1.25 bits per heavy atom. The van der Waals surface area contributed by atoms with E-state index in [4.69, 9.17) is 11.5 Å². The van der Waals surface area contributed by atoms with E-state index in [9.17, 15) is 34.5 Å². The van der Waals surface area contributed by atoms with Gasteiger partial charge in [-0.05, 0) is 54.8 Å². The smallest absolute Gasteiger partial charge is 0.326 e. The first-order valence-corrected chi connectivity index (χ1v) is 14.2. The fourth-order valence-corrected chi connectivity index (χ4v) is 4.43. The number of aliphatic carboxylic acids is 1. The van der Waals surface area contributed by atoms with Gasteiger partial charge in [0.25, 0.3) is 0 Å². The van der Waals surface area contributed by atoms with Gasteiger partial charge >= 0.3 is 5.97 Å². The summed E-state index contributed by atoms with van der Waals surface area (Å²) in [5.74, 6) is -3.31. The van der Waals surface area contributed by atoms with E-state index < -0.39 is 47.9 Å². The molecular weight excluding hydrogens is 570 g/mol. The zero-order valence-corrected chi connectivity index (χ0v) is 24.1. The van der Waals surface area contributed by atoms with Gasteiger partial charge in [-0.25, -0.2) is 9.78 Å². The van der Waals surface area contributed by atoms with Crippen molar-refractivity contribution >= 4 is 23.7 Å². The summed E-state index contributed by atoms with van der Waals surface area (Å²) in [5, 5.41) is 36.9. The number of carbonyl (C=O) groups excluding carboxylic acids is 3. The lowest BCUT2D eigenvalue weighted by atomic mass is 10.0. The highest BCUT2D eigenvalue weighted by Crippen LogP contribution is 2.14. The van der Waals surface area contributed by atoms with E-state index in [2.05, 4.69) is 25.9 Å². The van der Waals surface area contributed by atoms with Crippen LogP contribution in [0.5, 0.6) is 11.5 Å². The molecule has 0 aliphatic carbocycles. The summed E-state index contributed by atoms with van der Waals surface area (Å²) < 4.78 is 0. The van der Waals surface area contributed by atoms with Crippen molar-refractivity contribution < 1.29 is 34.5 Å². The molecule has 236 valence electrons. The van der Waals surface area contributed by atoms with Gasteiger partial charge in [0.05, 0.1) is 12.4 Å². The fraction of sp³-hybridized carbons (Fsp3) is 0.367. The second-order valence-electron chi connectivity index (χ2n) is 10.4. The summed E-state index contributed by atoms with van der Waals surface area (Å²) in [6.07, 6.45) is 4.37. The van der Waals surface area contributed by atoms with Crippen LogP contribution in [-0.4, -0.2) is 79.7 Å². The van der Waals surface area contributed by atoms with Crippen LogP contribution in [0.2, 0.25) is 0 Å². The van der Waals surface area contributed by atoms with E-state index in [-0.39, 0.29) is 30.8 Å². The first-order valence-electron chi connectivity index (χ1n) is 14.2. The molecule has 0 saturated carbocycles. The molecule has 0 saturated heterocycles. The Bertz CT molecular complexity index is 1370. The van der Waals surface area contributed by atoms with Gasteiger partial charge in [-0.1, -0.05) is 30.7 Å². The van der Waals surface area contributed by atoms with Gasteiger partial charge in [0.1, 0.15) is 29.6 Å². The molecule has 0 spiro atoms. The molecule has 4 unspecified atom stereocenters. The quantitative estimate of drug-likeness (QED) is 0.0915.